The Morgan fingerprint density at radius 3 is 2.56 bits per heavy atom. The molecule has 3 rings (SSSR count). The van der Waals surface area contributed by atoms with Crippen molar-refractivity contribution >= 4 is 11.9 Å². The lowest BCUT2D eigenvalue weighted by Gasteiger charge is -2.17. The molecule has 1 aromatic heterocycles. The normalized spacial score (nSPS) is 15.3. The van der Waals surface area contributed by atoms with Crippen molar-refractivity contribution in [3.05, 3.63) is 58.7 Å². The molecule has 1 aromatic carbocycles. The number of carbonyl (C=O) groups excluding carboxylic acids is 1. The molecule has 3 nitrogen and oxygen atoms in total. The van der Waals surface area contributed by atoms with E-state index in [9.17, 15) is 14.3 Å². The van der Waals surface area contributed by atoms with E-state index in [1.165, 1.54) is 12.1 Å². The lowest BCUT2D eigenvalue weighted by molar-refractivity contribution is -0.120. The van der Waals surface area contributed by atoms with Crippen LogP contribution in [0.4, 0.5) is 4.39 Å². The minimum absolute atomic E-state index is 0.0338. The smallest absolute Gasteiger partial charge is 0.135 e. The van der Waals surface area contributed by atoms with Gasteiger partial charge in [0.25, 0.3) is 0 Å². The Labute approximate surface area is 160 Å². The molecule has 0 aliphatic heterocycles. The van der Waals surface area contributed by atoms with Crippen molar-refractivity contribution in [2.45, 2.75) is 58.5 Å². The van der Waals surface area contributed by atoms with Gasteiger partial charge in [-0.25, -0.2) is 4.39 Å². The van der Waals surface area contributed by atoms with Crippen molar-refractivity contribution < 1.29 is 14.3 Å². The second-order valence-corrected chi connectivity index (χ2v) is 7.30. The Kier molecular flexibility index (Phi) is 5.85. The van der Waals surface area contributed by atoms with Gasteiger partial charge in [0.2, 0.25) is 0 Å². The number of rotatable bonds is 7. The summed E-state index contributed by atoms with van der Waals surface area (Å²) in [6.45, 7) is 5.81. The number of ketones is 1. The number of Topliss-reactive ketones (excluding diaryl/α,β-unsaturated/α-hetero) is 1. The Morgan fingerprint density at radius 1 is 1.30 bits per heavy atom. The molecule has 1 fully saturated rings. The number of aliphatic hydroxyl groups is 1. The Bertz CT molecular complexity index is 867. The third-order valence-electron chi connectivity index (χ3n) is 5.16. The number of aryl methyl sites for hydroxylation is 1. The largest absolute Gasteiger partial charge is 0.389 e. The first-order chi connectivity index (χ1) is 12.9. The topological polar surface area (TPSA) is 50.2 Å². The summed E-state index contributed by atoms with van der Waals surface area (Å²) in [6, 6.07) is 6.48. The van der Waals surface area contributed by atoms with Crippen molar-refractivity contribution in [3.63, 3.8) is 0 Å². The number of nitrogens with zero attached hydrogens (tertiary/aromatic N) is 1. The lowest BCUT2D eigenvalue weighted by atomic mass is 9.91. The summed E-state index contributed by atoms with van der Waals surface area (Å²) in [7, 11) is 0. The predicted octanol–water partition coefficient (Wildman–Crippen LogP) is 5.13. The average molecular weight is 367 g/mol. The fraction of sp³-hybridized carbons (Fsp3) is 0.391. The highest BCUT2D eigenvalue weighted by Crippen LogP contribution is 2.44. The highest BCUT2D eigenvalue weighted by atomic mass is 19.1. The quantitative estimate of drug-likeness (QED) is 0.738. The minimum Gasteiger partial charge on any atom is -0.389 e. The summed E-state index contributed by atoms with van der Waals surface area (Å²) in [4.78, 5) is 16.4. The monoisotopic (exact) mass is 367 g/mol. The summed E-state index contributed by atoms with van der Waals surface area (Å²) < 4.78 is 13.4. The Balaban J connectivity index is 2.08. The van der Waals surface area contributed by atoms with Crippen molar-refractivity contribution in [2.75, 3.05) is 0 Å². The van der Waals surface area contributed by atoms with Gasteiger partial charge in [-0.05, 0) is 55.5 Å². The molecule has 0 spiro atoms. The molecule has 0 saturated heterocycles. The highest BCUT2D eigenvalue weighted by molar-refractivity contribution is 5.81. The van der Waals surface area contributed by atoms with E-state index in [1.807, 2.05) is 19.9 Å². The number of aromatic nitrogens is 1. The van der Waals surface area contributed by atoms with Crippen molar-refractivity contribution in [2.24, 2.45) is 0 Å². The van der Waals surface area contributed by atoms with E-state index in [1.54, 1.807) is 25.1 Å². The fourth-order valence-electron chi connectivity index (χ4n) is 3.31. The maximum atomic E-state index is 13.4. The number of pyridine rings is 1. The van der Waals surface area contributed by atoms with Crippen LogP contribution >= 0.6 is 0 Å². The van der Waals surface area contributed by atoms with Gasteiger partial charge < -0.3 is 5.11 Å². The second kappa shape index (κ2) is 8.13. The number of hydrogen-bond donors (Lipinski definition) is 1. The third kappa shape index (κ3) is 4.51. The molecule has 0 radical (unpaired) electrons. The molecule has 4 heteroatoms. The first-order valence-corrected chi connectivity index (χ1v) is 9.55. The lowest BCUT2D eigenvalue weighted by Crippen LogP contribution is -2.10. The average Bonchev–Trinajstić information content (AvgIpc) is 3.48. The molecule has 1 aliphatic carbocycles. The number of benzene rings is 1. The van der Waals surface area contributed by atoms with Crippen LogP contribution in [0.2, 0.25) is 0 Å². The number of carbonyl (C=O) groups is 1. The molecule has 0 amide bonds. The maximum Gasteiger partial charge on any atom is 0.135 e. The molecule has 0 bridgehead atoms. The predicted molar refractivity (Wildman–Crippen MR) is 106 cm³/mol. The summed E-state index contributed by atoms with van der Waals surface area (Å²) in [5.74, 6) is 0.194. The molecule has 2 aromatic rings. The molecule has 1 atom stereocenters. The van der Waals surface area contributed by atoms with Crippen molar-refractivity contribution in [1.82, 2.24) is 4.98 Å². The van der Waals surface area contributed by atoms with E-state index in [0.717, 1.165) is 46.5 Å². The second-order valence-electron chi connectivity index (χ2n) is 7.30. The van der Waals surface area contributed by atoms with Gasteiger partial charge in [-0.1, -0.05) is 31.2 Å². The van der Waals surface area contributed by atoms with Gasteiger partial charge in [0.1, 0.15) is 11.6 Å². The van der Waals surface area contributed by atoms with Crippen LogP contribution in [0.5, 0.6) is 0 Å². The highest BCUT2D eigenvalue weighted by Gasteiger charge is 2.29. The van der Waals surface area contributed by atoms with E-state index in [4.69, 9.17) is 4.98 Å². The van der Waals surface area contributed by atoms with Crippen LogP contribution in [0.3, 0.4) is 0 Å². The van der Waals surface area contributed by atoms with Crippen LogP contribution < -0.4 is 0 Å². The summed E-state index contributed by atoms with van der Waals surface area (Å²) in [5, 5.41) is 10.2. The summed E-state index contributed by atoms with van der Waals surface area (Å²) >= 11 is 0. The van der Waals surface area contributed by atoms with Gasteiger partial charge in [-0.2, -0.15) is 0 Å². The third-order valence-corrected chi connectivity index (χ3v) is 5.16. The van der Waals surface area contributed by atoms with Crippen LogP contribution in [0.25, 0.3) is 17.2 Å². The minimum atomic E-state index is -0.813. The molecule has 1 N–H and O–H groups in total. The van der Waals surface area contributed by atoms with E-state index >= 15 is 0 Å². The first kappa shape index (κ1) is 19.4. The van der Waals surface area contributed by atoms with Gasteiger partial charge in [-0.3, -0.25) is 9.78 Å². The van der Waals surface area contributed by atoms with Crippen molar-refractivity contribution in [1.29, 1.82) is 0 Å². The molecule has 1 saturated carbocycles. The Morgan fingerprint density at radius 2 is 1.96 bits per heavy atom. The number of hydrogen-bond acceptors (Lipinski definition) is 3. The molecule has 1 unspecified atom stereocenters. The zero-order valence-corrected chi connectivity index (χ0v) is 16.1. The van der Waals surface area contributed by atoms with E-state index in [0.29, 0.717) is 12.3 Å². The zero-order valence-electron chi connectivity index (χ0n) is 16.1. The fourth-order valence-corrected chi connectivity index (χ4v) is 3.31. The number of aliphatic hydroxyl groups excluding tert-OH is 1. The van der Waals surface area contributed by atoms with Gasteiger partial charge in [0.05, 0.1) is 11.8 Å². The van der Waals surface area contributed by atoms with E-state index in [2.05, 4.69) is 0 Å². The molecule has 142 valence electrons. The van der Waals surface area contributed by atoms with E-state index < -0.39 is 6.10 Å². The standard InChI is InChI=1S/C23H26FNO2/c1-4-19(26)13-20(27)11-12-21-22(16-7-9-18(24)10-8-16)14(2)15(3)25-23(21)17-5-6-17/h7-12,17,20,27H,4-6,13H2,1-3H3/b12-11+. The zero-order chi connectivity index (χ0) is 19.6. The molecule has 1 heterocycles. The molecule has 27 heavy (non-hydrogen) atoms. The van der Waals surface area contributed by atoms with Gasteiger partial charge >= 0.3 is 0 Å². The molecule has 1 aliphatic rings. The SMILES string of the molecule is CCC(=O)CC(O)/C=C/c1c(C2CC2)nc(C)c(C)c1-c1ccc(F)cc1. The van der Waals surface area contributed by atoms with Crippen LogP contribution in [-0.2, 0) is 4.79 Å². The van der Waals surface area contributed by atoms with E-state index in [-0.39, 0.29) is 18.0 Å². The first-order valence-electron chi connectivity index (χ1n) is 9.55. The van der Waals surface area contributed by atoms with Gasteiger partial charge in [0.15, 0.2) is 0 Å². The molecular formula is C23H26FNO2. The van der Waals surface area contributed by atoms with Crippen LogP contribution in [0.15, 0.2) is 30.3 Å². The van der Waals surface area contributed by atoms with Crippen LogP contribution in [-0.4, -0.2) is 22.0 Å². The molecular weight excluding hydrogens is 341 g/mol. The van der Waals surface area contributed by atoms with Crippen LogP contribution in [0, 0.1) is 19.7 Å². The maximum absolute atomic E-state index is 13.4. The van der Waals surface area contributed by atoms with Crippen LogP contribution in [0.1, 0.15) is 61.0 Å². The summed E-state index contributed by atoms with van der Waals surface area (Å²) in [6.07, 6.45) is 5.51. The van der Waals surface area contributed by atoms with Gasteiger partial charge in [0, 0.05) is 30.0 Å². The van der Waals surface area contributed by atoms with Crippen molar-refractivity contribution in [3.8, 4) is 11.1 Å². The Hall–Kier alpha value is -2.33. The van der Waals surface area contributed by atoms with Gasteiger partial charge in [-0.15, -0.1) is 0 Å². The summed E-state index contributed by atoms with van der Waals surface area (Å²) in [5.41, 5.74) is 5.97. The number of halogens is 1.